The van der Waals surface area contributed by atoms with E-state index in [9.17, 15) is 9.59 Å². The molecular formula is C25H29Cl2N3O3. The first kappa shape index (κ1) is 24.0. The number of amides is 2. The molecule has 0 bridgehead atoms. The molecule has 2 amide bonds. The Kier molecular flexibility index (Phi) is 7.91. The Morgan fingerprint density at radius 3 is 2.39 bits per heavy atom. The first-order valence-electron chi connectivity index (χ1n) is 11.4. The maximum atomic E-state index is 13.6. The van der Waals surface area contributed by atoms with Crippen molar-refractivity contribution in [1.82, 2.24) is 10.2 Å². The molecule has 2 heterocycles. The Bertz CT molecular complexity index is 972. The molecule has 0 atom stereocenters. The molecule has 0 aliphatic carbocycles. The molecule has 176 valence electrons. The van der Waals surface area contributed by atoms with Gasteiger partial charge >= 0.3 is 0 Å². The van der Waals surface area contributed by atoms with Gasteiger partial charge in [0.05, 0.1) is 12.0 Å². The van der Waals surface area contributed by atoms with Gasteiger partial charge in [0, 0.05) is 48.1 Å². The third-order valence-corrected chi connectivity index (χ3v) is 7.12. The zero-order valence-electron chi connectivity index (χ0n) is 18.5. The van der Waals surface area contributed by atoms with Gasteiger partial charge in [-0.3, -0.25) is 14.5 Å². The number of nitrogens with zero attached hydrogens (tertiary/aromatic N) is 1. The summed E-state index contributed by atoms with van der Waals surface area (Å²) in [6.45, 7) is 2.88. The van der Waals surface area contributed by atoms with E-state index in [0.29, 0.717) is 42.6 Å². The highest BCUT2D eigenvalue weighted by Crippen LogP contribution is 2.40. The second-order valence-electron chi connectivity index (χ2n) is 8.76. The Morgan fingerprint density at radius 1 is 1.03 bits per heavy atom. The summed E-state index contributed by atoms with van der Waals surface area (Å²) in [7, 11) is 0. The Hall–Kier alpha value is -2.12. The number of piperidine rings is 1. The van der Waals surface area contributed by atoms with Gasteiger partial charge in [0.1, 0.15) is 0 Å². The van der Waals surface area contributed by atoms with Crippen LogP contribution in [0.2, 0.25) is 10.0 Å². The molecule has 0 unspecified atom stereocenters. The van der Waals surface area contributed by atoms with Crippen LogP contribution in [0.4, 0.5) is 5.69 Å². The molecule has 2 aromatic carbocycles. The number of hydrogen-bond donors (Lipinski definition) is 2. The van der Waals surface area contributed by atoms with Crippen LogP contribution in [0.25, 0.3) is 0 Å². The molecule has 0 spiro atoms. The smallest absolute Gasteiger partial charge is 0.238 e. The van der Waals surface area contributed by atoms with E-state index in [-0.39, 0.29) is 17.9 Å². The van der Waals surface area contributed by atoms with Crippen LogP contribution in [-0.2, 0) is 19.7 Å². The van der Waals surface area contributed by atoms with Crippen molar-refractivity contribution in [2.24, 2.45) is 0 Å². The minimum absolute atomic E-state index is 0.00436. The molecule has 2 saturated heterocycles. The highest BCUT2D eigenvalue weighted by Gasteiger charge is 2.43. The monoisotopic (exact) mass is 489 g/mol. The van der Waals surface area contributed by atoms with Gasteiger partial charge in [-0.25, -0.2) is 0 Å². The van der Waals surface area contributed by atoms with Gasteiger partial charge in [-0.1, -0.05) is 47.5 Å². The van der Waals surface area contributed by atoms with Crippen molar-refractivity contribution in [3.05, 3.63) is 64.1 Å². The average Bonchev–Trinajstić information content (AvgIpc) is 2.81. The number of likely N-dealkylation sites (tertiary alicyclic amines) is 1. The van der Waals surface area contributed by atoms with Crippen LogP contribution in [0.1, 0.15) is 31.2 Å². The van der Waals surface area contributed by atoms with Gasteiger partial charge in [0.2, 0.25) is 11.8 Å². The van der Waals surface area contributed by atoms with Crippen LogP contribution in [0.5, 0.6) is 0 Å². The van der Waals surface area contributed by atoms with E-state index in [2.05, 4.69) is 15.5 Å². The fourth-order valence-corrected chi connectivity index (χ4v) is 5.29. The number of ether oxygens (including phenoxy) is 1. The van der Waals surface area contributed by atoms with E-state index in [1.54, 1.807) is 12.1 Å². The molecule has 2 N–H and O–H groups in total. The van der Waals surface area contributed by atoms with Crippen molar-refractivity contribution in [3.8, 4) is 0 Å². The van der Waals surface area contributed by atoms with E-state index in [1.807, 2.05) is 36.4 Å². The van der Waals surface area contributed by atoms with Crippen molar-refractivity contribution >= 4 is 40.7 Å². The highest BCUT2D eigenvalue weighted by atomic mass is 35.5. The quantitative estimate of drug-likeness (QED) is 0.635. The molecule has 2 aliphatic rings. The van der Waals surface area contributed by atoms with E-state index in [4.69, 9.17) is 27.9 Å². The van der Waals surface area contributed by atoms with Crippen molar-refractivity contribution < 1.29 is 14.3 Å². The molecule has 8 heteroatoms. The second-order valence-corrected chi connectivity index (χ2v) is 9.60. The summed E-state index contributed by atoms with van der Waals surface area (Å²) in [6, 6.07) is 14.9. The lowest BCUT2D eigenvalue weighted by Crippen LogP contribution is -2.53. The predicted molar refractivity (Wildman–Crippen MR) is 131 cm³/mol. The Balaban J connectivity index is 1.34. The van der Waals surface area contributed by atoms with Crippen LogP contribution < -0.4 is 10.6 Å². The molecular weight excluding hydrogens is 461 g/mol. The molecule has 4 rings (SSSR count). The van der Waals surface area contributed by atoms with Gasteiger partial charge in [0.25, 0.3) is 0 Å². The van der Waals surface area contributed by atoms with Crippen LogP contribution in [0, 0.1) is 0 Å². The van der Waals surface area contributed by atoms with Crippen molar-refractivity contribution in [1.29, 1.82) is 0 Å². The van der Waals surface area contributed by atoms with E-state index in [0.717, 1.165) is 37.2 Å². The maximum Gasteiger partial charge on any atom is 0.238 e. The second kappa shape index (κ2) is 10.9. The first-order valence-corrected chi connectivity index (χ1v) is 12.1. The first-order chi connectivity index (χ1) is 16.0. The minimum atomic E-state index is -0.716. The van der Waals surface area contributed by atoms with Crippen LogP contribution in [0.15, 0.2) is 48.5 Å². The zero-order valence-corrected chi connectivity index (χ0v) is 20.0. The van der Waals surface area contributed by atoms with E-state index < -0.39 is 5.41 Å². The van der Waals surface area contributed by atoms with Gasteiger partial charge in [-0.2, -0.15) is 0 Å². The summed E-state index contributed by atoms with van der Waals surface area (Å²) in [4.78, 5) is 28.0. The van der Waals surface area contributed by atoms with Crippen LogP contribution >= 0.6 is 23.2 Å². The Morgan fingerprint density at radius 2 is 1.73 bits per heavy atom. The number of hydrogen-bond acceptors (Lipinski definition) is 4. The number of benzene rings is 2. The number of anilines is 1. The van der Waals surface area contributed by atoms with Crippen LogP contribution in [-0.4, -0.2) is 55.6 Å². The molecule has 2 aliphatic heterocycles. The summed E-state index contributed by atoms with van der Waals surface area (Å²) in [6.07, 6.45) is 2.76. The number of nitrogens with one attached hydrogen (secondary N) is 2. The molecule has 0 radical (unpaired) electrons. The molecule has 2 fully saturated rings. The third kappa shape index (κ3) is 5.87. The number of carbonyl (C=O) groups is 2. The average molecular weight is 490 g/mol. The fourth-order valence-electron chi connectivity index (χ4n) is 4.70. The van der Waals surface area contributed by atoms with Crippen LogP contribution in [0.3, 0.4) is 0 Å². The SMILES string of the molecule is O=C(CN1CCC(NC(=O)C2(c3ccc(Cl)cc3Cl)CCOCC2)CC1)Nc1ccccc1. The van der Waals surface area contributed by atoms with Crippen molar-refractivity contribution in [3.63, 3.8) is 0 Å². The summed E-state index contributed by atoms with van der Waals surface area (Å²) in [5, 5.41) is 7.26. The highest BCUT2D eigenvalue weighted by molar-refractivity contribution is 6.35. The Labute approximate surface area is 204 Å². The topological polar surface area (TPSA) is 70.7 Å². The van der Waals surface area contributed by atoms with Crippen molar-refractivity contribution in [2.75, 3.05) is 38.2 Å². The fraction of sp³-hybridized carbons (Fsp3) is 0.440. The lowest BCUT2D eigenvalue weighted by molar-refractivity contribution is -0.131. The normalized spacial score (nSPS) is 19.1. The standard InChI is InChI=1S/C25H29Cl2N3O3/c26-18-6-7-21(22(27)16-18)25(10-14-33-15-11-25)24(32)29-20-8-12-30(13-9-20)17-23(31)28-19-4-2-1-3-5-19/h1-7,16,20H,8-15,17H2,(H,28,31)(H,29,32). The predicted octanol–water partition coefficient (Wildman–Crippen LogP) is 4.26. The molecule has 2 aromatic rings. The van der Waals surface area contributed by atoms with Gasteiger partial charge in [0.15, 0.2) is 0 Å². The number of halogens is 2. The van der Waals surface area contributed by atoms with E-state index >= 15 is 0 Å². The minimum Gasteiger partial charge on any atom is -0.381 e. The summed E-state index contributed by atoms with van der Waals surface area (Å²) < 4.78 is 5.55. The molecule has 33 heavy (non-hydrogen) atoms. The zero-order chi connectivity index (χ0) is 23.3. The largest absolute Gasteiger partial charge is 0.381 e. The number of carbonyl (C=O) groups excluding carboxylic acids is 2. The van der Waals surface area contributed by atoms with Gasteiger partial charge in [-0.05, 0) is 55.5 Å². The summed E-state index contributed by atoms with van der Waals surface area (Å²) in [5.74, 6) is -0.0301. The third-order valence-electron chi connectivity index (χ3n) is 6.58. The molecule has 6 nitrogen and oxygen atoms in total. The van der Waals surface area contributed by atoms with Gasteiger partial charge in [-0.15, -0.1) is 0 Å². The summed E-state index contributed by atoms with van der Waals surface area (Å²) >= 11 is 12.6. The van der Waals surface area contributed by atoms with E-state index in [1.165, 1.54) is 0 Å². The number of para-hydroxylation sites is 1. The molecule has 0 aromatic heterocycles. The van der Waals surface area contributed by atoms with Crippen molar-refractivity contribution in [2.45, 2.75) is 37.1 Å². The lowest BCUT2D eigenvalue weighted by atomic mass is 9.73. The lowest BCUT2D eigenvalue weighted by Gasteiger charge is -2.39. The summed E-state index contributed by atoms with van der Waals surface area (Å²) in [5.41, 5.74) is 0.892. The maximum absolute atomic E-state index is 13.6. The molecule has 0 saturated carbocycles. The number of rotatable bonds is 6. The van der Waals surface area contributed by atoms with Gasteiger partial charge < -0.3 is 15.4 Å².